The maximum atomic E-state index is 12.4. The molecule has 0 saturated carbocycles. The lowest BCUT2D eigenvalue weighted by Gasteiger charge is -2.11. The average Bonchev–Trinajstić information content (AvgIpc) is 2.44. The third kappa shape index (κ3) is 3.80. The molecule has 104 valence electrons. The summed E-state index contributed by atoms with van der Waals surface area (Å²) in [6.07, 6.45) is 0. The van der Waals surface area contributed by atoms with Crippen LogP contribution in [-0.4, -0.2) is 13.0 Å². The van der Waals surface area contributed by atoms with Crippen LogP contribution >= 0.6 is 38.5 Å². The molecule has 0 aliphatic heterocycles. The Labute approximate surface area is 140 Å². The van der Waals surface area contributed by atoms with Crippen LogP contribution < -0.4 is 10.6 Å². The molecule has 3 nitrogen and oxygen atoms in total. The second-order valence-corrected chi connectivity index (χ2v) is 6.37. The van der Waals surface area contributed by atoms with Crippen LogP contribution in [-0.2, 0) is 6.54 Å². The van der Waals surface area contributed by atoms with Crippen molar-refractivity contribution in [2.75, 3.05) is 12.4 Å². The molecule has 0 heterocycles. The number of rotatable bonds is 4. The van der Waals surface area contributed by atoms with Crippen LogP contribution in [0.25, 0.3) is 0 Å². The van der Waals surface area contributed by atoms with E-state index in [4.69, 9.17) is 0 Å². The Morgan fingerprint density at radius 3 is 2.75 bits per heavy atom. The highest BCUT2D eigenvalue weighted by Crippen LogP contribution is 2.22. The largest absolute Gasteiger partial charge is 0.322 e. The number of halogens is 2. The number of carbonyl (C=O) groups is 1. The molecule has 0 saturated heterocycles. The number of benzene rings is 2. The summed E-state index contributed by atoms with van der Waals surface area (Å²) in [4.78, 5) is 12.4. The van der Waals surface area contributed by atoms with Gasteiger partial charge in [0.15, 0.2) is 0 Å². The zero-order chi connectivity index (χ0) is 14.5. The molecule has 0 radical (unpaired) electrons. The van der Waals surface area contributed by atoms with Gasteiger partial charge in [0.1, 0.15) is 0 Å². The molecule has 0 spiro atoms. The molecule has 0 bridgehead atoms. The minimum absolute atomic E-state index is 0.112. The van der Waals surface area contributed by atoms with Crippen molar-refractivity contribution in [1.29, 1.82) is 0 Å². The van der Waals surface area contributed by atoms with Crippen molar-refractivity contribution >= 4 is 50.1 Å². The normalized spacial score (nSPS) is 10.3. The maximum absolute atomic E-state index is 12.4. The molecule has 2 aromatic carbocycles. The van der Waals surface area contributed by atoms with E-state index in [2.05, 4.69) is 49.2 Å². The van der Waals surface area contributed by atoms with E-state index in [0.29, 0.717) is 12.1 Å². The van der Waals surface area contributed by atoms with E-state index in [9.17, 15) is 4.79 Å². The Kier molecular flexibility index (Phi) is 5.56. The van der Waals surface area contributed by atoms with Crippen LogP contribution in [0.4, 0.5) is 5.69 Å². The minimum atomic E-state index is -0.112. The Bertz CT molecular complexity index is 631. The first-order chi connectivity index (χ1) is 9.61. The number of hydrogen-bond acceptors (Lipinski definition) is 2. The van der Waals surface area contributed by atoms with Gasteiger partial charge in [-0.25, -0.2) is 0 Å². The van der Waals surface area contributed by atoms with E-state index >= 15 is 0 Å². The van der Waals surface area contributed by atoms with Crippen LogP contribution in [0.2, 0.25) is 0 Å². The second kappa shape index (κ2) is 7.19. The smallest absolute Gasteiger partial charge is 0.256 e. The molecule has 0 atom stereocenters. The average molecular weight is 445 g/mol. The van der Waals surface area contributed by atoms with E-state index in [0.717, 1.165) is 19.3 Å². The topological polar surface area (TPSA) is 41.1 Å². The molecule has 2 rings (SSSR count). The molecule has 1 amide bonds. The summed E-state index contributed by atoms with van der Waals surface area (Å²) >= 11 is 5.61. The zero-order valence-electron chi connectivity index (χ0n) is 10.9. The van der Waals surface area contributed by atoms with Gasteiger partial charge in [-0.3, -0.25) is 4.79 Å². The third-order valence-corrected chi connectivity index (χ3v) is 4.17. The van der Waals surface area contributed by atoms with Gasteiger partial charge in [0.2, 0.25) is 0 Å². The number of carbonyl (C=O) groups excluding carboxylic acids is 1. The lowest BCUT2D eigenvalue weighted by Crippen LogP contribution is -2.16. The van der Waals surface area contributed by atoms with Crippen molar-refractivity contribution in [3.05, 3.63) is 61.6 Å². The van der Waals surface area contributed by atoms with E-state index in [-0.39, 0.29) is 5.91 Å². The predicted molar refractivity (Wildman–Crippen MR) is 94.0 cm³/mol. The van der Waals surface area contributed by atoms with E-state index in [1.165, 1.54) is 0 Å². The molecule has 5 heteroatoms. The first kappa shape index (κ1) is 15.5. The monoisotopic (exact) mass is 444 g/mol. The van der Waals surface area contributed by atoms with Crippen molar-refractivity contribution in [3.8, 4) is 0 Å². The first-order valence-corrected chi connectivity index (χ1v) is 7.98. The van der Waals surface area contributed by atoms with Gasteiger partial charge in [-0.05, 0) is 75.4 Å². The molecule has 0 fully saturated rings. The van der Waals surface area contributed by atoms with Crippen molar-refractivity contribution in [3.63, 3.8) is 0 Å². The van der Waals surface area contributed by atoms with Crippen LogP contribution in [0.5, 0.6) is 0 Å². The summed E-state index contributed by atoms with van der Waals surface area (Å²) in [5.74, 6) is -0.112. The van der Waals surface area contributed by atoms with Crippen molar-refractivity contribution < 1.29 is 4.79 Å². The molecule has 0 aliphatic carbocycles. The zero-order valence-corrected chi connectivity index (χ0v) is 14.7. The molecular formula is C15H14BrIN2O. The van der Waals surface area contributed by atoms with Crippen LogP contribution in [0, 0.1) is 3.57 Å². The molecule has 2 aromatic rings. The van der Waals surface area contributed by atoms with E-state index in [1.807, 2.05) is 49.5 Å². The number of nitrogens with one attached hydrogen (secondary N) is 2. The Hall–Kier alpha value is -0.920. The van der Waals surface area contributed by atoms with Gasteiger partial charge in [0.25, 0.3) is 5.91 Å². The van der Waals surface area contributed by atoms with Crippen molar-refractivity contribution in [1.82, 2.24) is 5.32 Å². The van der Waals surface area contributed by atoms with Crippen molar-refractivity contribution in [2.24, 2.45) is 0 Å². The van der Waals surface area contributed by atoms with Gasteiger partial charge in [-0.1, -0.05) is 18.2 Å². The molecule has 0 aliphatic rings. The maximum Gasteiger partial charge on any atom is 0.256 e. The first-order valence-electron chi connectivity index (χ1n) is 6.10. The van der Waals surface area contributed by atoms with Gasteiger partial charge in [-0.2, -0.15) is 0 Å². The number of hydrogen-bond donors (Lipinski definition) is 2. The fraction of sp³-hybridized carbons (Fsp3) is 0.133. The lowest BCUT2D eigenvalue weighted by molar-refractivity contribution is 0.102. The summed E-state index contributed by atoms with van der Waals surface area (Å²) < 4.78 is 1.82. The number of anilines is 1. The van der Waals surface area contributed by atoms with Gasteiger partial charge < -0.3 is 10.6 Å². The molecule has 0 unspecified atom stereocenters. The highest BCUT2D eigenvalue weighted by molar-refractivity contribution is 14.1. The standard InChI is InChI=1S/C15H14BrIN2O/c1-18-9-10-4-2-3-5-14(10)19-15(20)12-8-11(17)6-7-13(12)16/h2-8,18H,9H2,1H3,(H,19,20). The predicted octanol–water partition coefficient (Wildman–Crippen LogP) is 4.03. The number of para-hydroxylation sites is 1. The van der Waals surface area contributed by atoms with Crippen LogP contribution in [0.15, 0.2) is 46.9 Å². The third-order valence-electron chi connectivity index (χ3n) is 2.81. The van der Waals surface area contributed by atoms with Gasteiger partial charge in [0, 0.05) is 20.3 Å². The second-order valence-electron chi connectivity index (χ2n) is 4.27. The molecule has 2 N–H and O–H groups in total. The summed E-state index contributed by atoms with van der Waals surface area (Å²) in [6, 6.07) is 13.5. The van der Waals surface area contributed by atoms with Crippen molar-refractivity contribution in [2.45, 2.75) is 6.54 Å². The highest BCUT2D eigenvalue weighted by Gasteiger charge is 2.12. The summed E-state index contributed by atoms with van der Waals surface area (Å²) in [6.45, 7) is 0.712. The fourth-order valence-electron chi connectivity index (χ4n) is 1.85. The summed E-state index contributed by atoms with van der Waals surface area (Å²) in [5.41, 5.74) is 2.53. The van der Waals surface area contributed by atoms with Gasteiger partial charge >= 0.3 is 0 Å². The summed E-state index contributed by atoms with van der Waals surface area (Å²) in [7, 11) is 1.88. The fourth-order valence-corrected chi connectivity index (χ4v) is 2.77. The van der Waals surface area contributed by atoms with E-state index < -0.39 is 0 Å². The Morgan fingerprint density at radius 1 is 1.25 bits per heavy atom. The highest BCUT2D eigenvalue weighted by atomic mass is 127. The van der Waals surface area contributed by atoms with Gasteiger partial charge in [-0.15, -0.1) is 0 Å². The lowest BCUT2D eigenvalue weighted by atomic mass is 10.1. The van der Waals surface area contributed by atoms with Crippen LogP contribution in [0.3, 0.4) is 0 Å². The Balaban J connectivity index is 2.26. The SMILES string of the molecule is CNCc1ccccc1NC(=O)c1cc(I)ccc1Br. The Morgan fingerprint density at radius 2 is 2.00 bits per heavy atom. The van der Waals surface area contributed by atoms with Crippen LogP contribution in [0.1, 0.15) is 15.9 Å². The van der Waals surface area contributed by atoms with E-state index in [1.54, 1.807) is 0 Å². The number of amides is 1. The minimum Gasteiger partial charge on any atom is -0.322 e. The molecule has 20 heavy (non-hydrogen) atoms. The molecule has 0 aromatic heterocycles. The van der Waals surface area contributed by atoms with Gasteiger partial charge in [0.05, 0.1) is 5.56 Å². The molecular weight excluding hydrogens is 431 g/mol. The quantitative estimate of drug-likeness (QED) is 0.699. The summed E-state index contributed by atoms with van der Waals surface area (Å²) in [5, 5.41) is 6.06.